The number of hydrogen-bond donors (Lipinski definition) is 1. The summed E-state index contributed by atoms with van der Waals surface area (Å²) in [6.45, 7) is 8.16. The number of aliphatic carboxylic acids is 1. The number of aryl methyl sites for hydroxylation is 2. The maximum Gasteiger partial charge on any atom is 0.316 e. The molecule has 8 heteroatoms. The average Bonchev–Trinajstić information content (AvgIpc) is 2.94. The number of rotatable bonds is 5. The Morgan fingerprint density at radius 2 is 2.15 bits per heavy atom. The molecule has 0 aliphatic carbocycles. The van der Waals surface area contributed by atoms with Crippen LogP contribution in [-0.4, -0.2) is 36.3 Å². The number of hydrogen-bond acceptors (Lipinski definition) is 6. The highest BCUT2D eigenvalue weighted by molar-refractivity contribution is 8.00. The summed E-state index contributed by atoms with van der Waals surface area (Å²) < 4.78 is 7.40. The number of thioether (sulfide) groups is 1. The summed E-state index contributed by atoms with van der Waals surface area (Å²) in [7, 11) is 0. The predicted octanol–water partition coefficient (Wildman–Crippen LogP) is 2.14. The molecule has 0 aromatic carbocycles. The van der Waals surface area contributed by atoms with Gasteiger partial charge in [0.2, 0.25) is 0 Å². The number of nitrogens with zero attached hydrogens (tertiary/aromatic N) is 4. The van der Waals surface area contributed by atoms with Gasteiger partial charge in [0.1, 0.15) is 5.25 Å². The lowest BCUT2D eigenvalue weighted by Crippen LogP contribution is -2.10. The van der Waals surface area contributed by atoms with Crippen molar-refractivity contribution in [2.75, 3.05) is 0 Å². The Kier molecular flexibility index (Phi) is 4.12. The summed E-state index contributed by atoms with van der Waals surface area (Å²) in [5.41, 5.74) is 2.58. The van der Waals surface area contributed by atoms with E-state index in [1.54, 1.807) is 6.92 Å². The van der Waals surface area contributed by atoms with Crippen molar-refractivity contribution in [1.29, 1.82) is 0 Å². The van der Waals surface area contributed by atoms with Gasteiger partial charge in [-0.05, 0) is 27.7 Å². The fraction of sp³-hybridized carbons (Fsp3) is 0.500. The van der Waals surface area contributed by atoms with Crippen molar-refractivity contribution >= 4 is 17.7 Å². The third-order valence-electron chi connectivity index (χ3n) is 2.93. The van der Waals surface area contributed by atoms with Crippen molar-refractivity contribution in [3.05, 3.63) is 11.4 Å². The summed E-state index contributed by atoms with van der Waals surface area (Å²) >= 11 is 1.02. The van der Waals surface area contributed by atoms with Gasteiger partial charge in [-0.1, -0.05) is 11.8 Å². The molecule has 0 saturated heterocycles. The van der Waals surface area contributed by atoms with E-state index in [1.165, 1.54) is 0 Å². The van der Waals surface area contributed by atoms with Gasteiger partial charge in [-0.15, -0.1) is 10.2 Å². The van der Waals surface area contributed by atoms with Crippen LogP contribution in [0.4, 0.5) is 0 Å². The second-order valence-electron chi connectivity index (χ2n) is 4.33. The van der Waals surface area contributed by atoms with Crippen molar-refractivity contribution in [2.45, 2.75) is 44.7 Å². The summed E-state index contributed by atoms with van der Waals surface area (Å²) in [5.74, 6) is -0.541. The van der Waals surface area contributed by atoms with Gasteiger partial charge in [0.25, 0.3) is 11.1 Å². The minimum atomic E-state index is -0.916. The summed E-state index contributed by atoms with van der Waals surface area (Å²) in [4.78, 5) is 10.8. The lowest BCUT2D eigenvalue weighted by atomic mass is 10.2. The topological polar surface area (TPSA) is 94.0 Å². The minimum absolute atomic E-state index is 0.248. The highest BCUT2D eigenvalue weighted by Crippen LogP contribution is 2.29. The molecule has 0 radical (unpaired) electrons. The van der Waals surface area contributed by atoms with Crippen molar-refractivity contribution in [1.82, 2.24) is 20.0 Å². The van der Waals surface area contributed by atoms with E-state index in [2.05, 4.69) is 15.3 Å². The molecule has 7 nitrogen and oxygen atoms in total. The monoisotopic (exact) mass is 296 g/mol. The summed E-state index contributed by atoms with van der Waals surface area (Å²) in [6, 6.07) is 0. The van der Waals surface area contributed by atoms with E-state index in [1.807, 2.05) is 25.5 Å². The Labute approximate surface area is 120 Å². The molecule has 0 saturated carbocycles. The van der Waals surface area contributed by atoms with Gasteiger partial charge in [-0.3, -0.25) is 9.48 Å². The van der Waals surface area contributed by atoms with Crippen LogP contribution < -0.4 is 0 Å². The quantitative estimate of drug-likeness (QED) is 0.844. The highest BCUT2D eigenvalue weighted by atomic mass is 32.2. The van der Waals surface area contributed by atoms with E-state index in [4.69, 9.17) is 9.52 Å². The predicted molar refractivity (Wildman–Crippen MR) is 73.6 cm³/mol. The Morgan fingerprint density at radius 1 is 1.45 bits per heavy atom. The van der Waals surface area contributed by atoms with Gasteiger partial charge in [-0.2, -0.15) is 5.10 Å². The lowest BCUT2D eigenvalue weighted by molar-refractivity contribution is -0.136. The SMILES string of the molecule is CCn1nc(C)c(-c2nnc(SC(C)C(=O)O)o2)c1C. The molecule has 1 unspecified atom stereocenters. The fourth-order valence-corrected chi connectivity index (χ4v) is 2.49. The highest BCUT2D eigenvalue weighted by Gasteiger charge is 2.21. The molecule has 1 N–H and O–H groups in total. The minimum Gasteiger partial charge on any atom is -0.480 e. The molecule has 0 aliphatic rings. The number of carboxylic acid groups (broad SMARTS) is 1. The normalized spacial score (nSPS) is 12.6. The Morgan fingerprint density at radius 3 is 2.70 bits per heavy atom. The van der Waals surface area contributed by atoms with Gasteiger partial charge in [0.15, 0.2) is 0 Å². The average molecular weight is 296 g/mol. The molecule has 0 spiro atoms. The van der Waals surface area contributed by atoms with Crippen LogP contribution in [-0.2, 0) is 11.3 Å². The molecular formula is C12H16N4O3S. The van der Waals surface area contributed by atoms with Crippen LogP contribution in [0.25, 0.3) is 11.5 Å². The summed E-state index contributed by atoms with van der Waals surface area (Å²) in [5, 5.41) is 20.7. The Hall–Kier alpha value is -1.83. The van der Waals surface area contributed by atoms with Gasteiger partial charge >= 0.3 is 5.97 Å². The first-order valence-corrected chi connectivity index (χ1v) is 7.09. The van der Waals surface area contributed by atoms with Crippen LogP contribution in [0.5, 0.6) is 0 Å². The molecule has 20 heavy (non-hydrogen) atoms. The Balaban J connectivity index is 2.29. The molecule has 108 valence electrons. The second-order valence-corrected chi connectivity index (χ2v) is 5.63. The largest absolute Gasteiger partial charge is 0.480 e. The first-order valence-electron chi connectivity index (χ1n) is 6.21. The molecule has 0 bridgehead atoms. The zero-order valence-corrected chi connectivity index (χ0v) is 12.6. The van der Waals surface area contributed by atoms with Crippen molar-refractivity contribution < 1.29 is 14.3 Å². The van der Waals surface area contributed by atoms with Gasteiger partial charge in [0, 0.05) is 12.2 Å². The van der Waals surface area contributed by atoms with Crippen molar-refractivity contribution in [2.24, 2.45) is 0 Å². The van der Waals surface area contributed by atoms with E-state index in [-0.39, 0.29) is 5.22 Å². The smallest absolute Gasteiger partial charge is 0.316 e. The molecule has 2 aromatic heterocycles. The first-order chi connectivity index (χ1) is 9.43. The molecule has 2 heterocycles. The van der Waals surface area contributed by atoms with E-state index in [0.717, 1.165) is 35.3 Å². The molecule has 0 aliphatic heterocycles. The van der Waals surface area contributed by atoms with Crippen LogP contribution in [0.15, 0.2) is 9.64 Å². The maximum absolute atomic E-state index is 10.8. The van der Waals surface area contributed by atoms with Crippen LogP contribution in [0, 0.1) is 13.8 Å². The zero-order chi connectivity index (χ0) is 14.9. The van der Waals surface area contributed by atoms with Crippen LogP contribution in [0.3, 0.4) is 0 Å². The molecule has 1 atom stereocenters. The Bertz CT molecular complexity index is 635. The van der Waals surface area contributed by atoms with Gasteiger partial charge in [0.05, 0.1) is 11.3 Å². The van der Waals surface area contributed by atoms with E-state index in [9.17, 15) is 4.79 Å². The van der Waals surface area contributed by atoms with Gasteiger partial charge in [-0.25, -0.2) is 0 Å². The third kappa shape index (κ3) is 2.69. The maximum atomic E-state index is 10.8. The summed E-state index contributed by atoms with van der Waals surface area (Å²) in [6.07, 6.45) is 0. The zero-order valence-electron chi connectivity index (χ0n) is 11.7. The fourth-order valence-electron chi connectivity index (χ4n) is 1.87. The third-order valence-corrected chi connectivity index (χ3v) is 3.85. The van der Waals surface area contributed by atoms with Crippen LogP contribution in [0.2, 0.25) is 0 Å². The van der Waals surface area contributed by atoms with Crippen LogP contribution >= 0.6 is 11.8 Å². The lowest BCUT2D eigenvalue weighted by Gasteiger charge is -2.00. The molecule has 2 rings (SSSR count). The number of carboxylic acids is 1. The molecule has 0 fully saturated rings. The van der Waals surface area contributed by atoms with E-state index >= 15 is 0 Å². The molecular weight excluding hydrogens is 280 g/mol. The van der Waals surface area contributed by atoms with E-state index < -0.39 is 11.2 Å². The standard InChI is InChI=1S/C12H16N4O3S/c1-5-16-7(3)9(6(2)15-16)10-13-14-12(19-10)20-8(4)11(17)18/h8H,5H2,1-4H3,(H,17,18). The second kappa shape index (κ2) is 5.66. The number of aromatic nitrogens is 4. The molecule has 2 aromatic rings. The number of carbonyl (C=O) groups is 1. The first kappa shape index (κ1) is 14.6. The molecule has 0 amide bonds. The van der Waals surface area contributed by atoms with Crippen molar-refractivity contribution in [3.63, 3.8) is 0 Å². The van der Waals surface area contributed by atoms with Crippen molar-refractivity contribution in [3.8, 4) is 11.5 Å². The van der Waals surface area contributed by atoms with Gasteiger partial charge < -0.3 is 9.52 Å². The van der Waals surface area contributed by atoms with E-state index in [0.29, 0.717) is 5.89 Å². The van der Waals surface area contributed by atoms with Crippen LogP contribution in [0.1, 0.15) is 25.2 Å².